The van der Waals surface area contributed by atoms with Crippen molar-refractivity contribution in [3.05, 3.63) is 59.1 Å². The van der Waals surface area contributed by atoms with E-state index < -0.39 is 6.10 Å². The third-order valence-corrected chi connectivity index (χ3v) is 4.25. The maximum absolute atomic E-state index is 12.3. The van der Waals surface area contributed by atoms with E-state index in [9.17, 15) is 9.90 Å². The number of aliphatic hydroxyl groups is 1. The Balaban J connectivity index is 2.04. The van der Waals surface area contributed by atoms with E-state index >= 15 is 0 Å². The lowest BCUT2D eigenvalue weighted by Gasteiger charge is -2.12. The average molecular weight is 385 g/mol. The van der Waals surface area contributed by atoms with Gasteiger partial charge in [-0.25, -0.2) is 4.98 Å². The first-order valence-corrected chi connectivity index (χ1v) is 9.15. The number of benzene rings is 2. The number of nitrogens with one attached hydrogen (secondary N) is 1. The fourth-order valence-corrected chi connectivity index (χ4v) is 2.94. The summed E-state index contributed by atoms with van der Waals surface area (Å²) in [4.78, 5) is 17.0. The molecule has 1 aromatic heterocycles. The number of hydrogen-bond donors (Lipinski definition) is 2. The van der Waals surface area contributed by atoms with E-state index in [0.717, 1.165) is 22.2 Å². The standard InChI is InChI=1S/C21H21ClN2O3/c1-3-27-20-11-19(14-5-4-6-16(22)9-14)24-18-8-7-15(10-17(18)20)21(26)23-12-13(2)25/h4-11,13,25H,3,12H2,1-2H3,(H,23,26)/t13-/m1/s1. The molecule has 0 fully saturated rings. The van der Waals surface area contributed by atoms with Crippen LogP contribution in [0.3, 0.4) is 0 Å². The minimum atomic E-state index is -0.602. The van der Waals surface area contributed by atoms with Crippen LogP contribution in [0.5, 0.6) is 5.75 Å². The first-order valence-electron chi connectivity index (χ1n) is 8.77. The molecule has 0 spiro atoms. The smallest absolute Gasteiger partial charge is 0.251 e. The van der Waals surface area contributed by atoms with Gasteiger partial charge in [0.05, 0.1) is 23.9 Å². The molecule has 2 aromatic carbocycles. The van der Waals surface area contributed by atoms with Crippen LogP contribution in [0.4, 0.5) is 0 Å². The second-order valence-corrected chi connectivity index (χ2v) is 6.68. The van der Waals surface area contributed by atoms with Crippen LogP contribution in [0.2, 0.25) is 5.02 Å². The number of amides is 1. The van der Waals surface area contributed by atoms with Gasteiger partial charge in [0.15, 0.2) is 0 Å². The molecule has 1 amide bonds. The Morgan fingerprint density at radius 1 is 1.26 bits per heavy atom. The molecule has 5 nitrogen and oxygen atoms in total. The Bertz CT molecular complexity index is 973. The summed E-state index contributed by atoms with van der Waals surface area (Å²) in [6, 6.07) is 14.6. The number of rotatable bonds is 6. The maximum atomic E-state index is 12.3. The van der Waals surface area contributed by atoms with Crippen LogP contribution in [0.25, 0.3) is 22.2 Å². The van der Waals surface area contributed by atoms with Crippen LogP contribution in [0.1, 0.15) is 24.2 Å². The quantitative estimate of drug-likeness (QED) is 0.672. The summed E-state index contributed by atoms with van der Waals surface area (Å²) in [5.74, 6) is 0.404. The molecule has 0 aliphatic carbocycles. The van der Waals surface area contributed by atoms with E-state index in [2.05, 4.69) is 5.32 Å². The summed E-state index contributed by atoms with van der Waals surface area (Å²) >= 11 is 6.10. The first kappa shape index (κ1) is 19.1. The summed E-state index contributed by atoms with van der Waals surface area (Å²) < 4.78 is 5.80. The average Bonchev–Trinajstić information content (AvgIpc) is 2.66. The number of aliphatic hydroxyl groups excluding tert-OH is 1. The first-order chi connectivity index (χ1) is 13.0. The van der Waals surface area contributed by atoms with Gasteiger partial charge in [-0.05, 0) is 44.2 Å². The second kappa shape index (κ2) is 8.37. The molecule has 27 heavy (non-hydrogen) atoms. The zero-order chi connectivity index (χ0) is 19.4. The Kier molecular flexibility index (Phi) is 5.94. The van der Waals surface area contributed by atoms with Gasteiger partial charge in [-0.3, -0.25) is 4.79 Å². The summed E-state index contributed by atoms with van der Waals surface area (Å²) in [7, 11) is 0. The van der Waals surface area contributed by atoms with Crippen molar-refractivity contribution < 1.29 is 14.6 Å². The molecule has 0 aliphatic heterocycles. The van der Waals surface area contributed by atoms with Gasteiger partial charge in [0, 0.05) is 34.1 Å². The minimum absolute atomic E-state index is 0.196. The number of aromatic nitrogens is 1. The molecule has 0 unspecified atom stereocenters. The molecule has 0 saturated carbocycles. The van der Waals surface area contributed by atoms with Gasteiger partial charge in [-0.15, -0.1) is 0 Å². The van der Waals surface area contributed by atoms with E-state index in [4.69, 9.17) is 21.3 Å². The molecule has 2 N–H and O–H groups in total. The van der Waals surface area contributed by atoms with Gasteiger partial charge in [0.2, 0.25) is 0 Å². The van der Waals surface area contributed by atoms with Gasteiger partial charge in [0.25, 0.3) is 5.91 Å². The minimum Gasteiger partial charge on any atom is -0.493 e. The number of fused-ring (bicyclic) bond motifs is 1. The number of carbonyl (C=O) groups is 1. The second-order valence-electron chi connectivity index (χ2n) is 6.24. The largest absolute Gasteiger partial charge is 0.493 e. The lowest BCUT2D eigenvalue weighted by Crippen LogP contribution is -2.30. The Morgan fingerprint density at radius 3 is 2.78 bits per heavy atom. The van der Waals surface area contributed by atoms with Crippen molar-refractivity contribution in [1.82, 2.24) is 10.3 Å². The van der Waals surface area contributed by atoms with Crippen LogP contribution in [0, 0.1) is 0 Å². The van der Waals surface area contributed by atoms with Crippen LogP contribution >= 0.6 is 11.6 Å². The fourth-order valence-electron chi connectivity index (χ4n) is 2.75. The molecule has 3 aromatic rings. The third kappa shape index (κ3) is 4.56. The van der Waals surface area contributed by atoms with E-state index in [0.29, 0.717) is 22.9 Å². The van der Waals surface area contributed by atoms with Gasteiger partial charge >= 0.3 is 0 Å². The molecule has 0 aliphatic rings. The lowest BCUT2D eigenvalue weighted by atomic mass is 10.1. The molecule has 1 atom stereocenters. The Labute approximate surface area is 163 Å². The highest BCUT2D eigenvalue weighted by Crippen LogP contribution is 2.31. The normalized spacial score (nSPS) is 12.0. The van der Waals surface area contributed by atoms with Gasteiger partial charge < -0.3 is 15.2 Å². The topological polar surface area (TPSA) is 71.5 Å². The molecular weight excluding hydrogens is 364 g/mol. The maximum Gasteiger partial charge on any atom is 0.251 e. The zero-order valence-corrected chi connectivity index (χ0v) is 16.0. The molecular formula is C21H21ClN2O3. The van der Waals surface area contributed by atoms with E-state index in [1.165, 1.54) is 0 Å². The molecule has 0 bridgehead atoms. The summed E-state index contributed by atoms with van der Waals surface area (Å²) in [5.41, 5.74) is 2.85. The summed E-state index contributed by atoms with van der Waals surface area (Å²) in [5, 5.41) is 13.4. The third-order valence-electron chi connectivity index (χ3n) is 4.01. The SMILES string of the molecule is CCOc1cc(-c2cccc(Cl)c2)nc2ccc(C(=O)NC[C@@H](C)O)cc12. The highest BCUT2D eigenvalue weighted by molar-refractivity contribution is 6.30. The number of hydrogen-bond acceptors (Lipinski definition) is 4. The van der Waals surface area contributed by atoms with E-state index in [1.54, 1.807) is 25.1 Å². The van der Waals surface area contributed by atoms with Crippen LogP contribution in [-0.2, 0) is 0 Å². The molecule has 0 radical (unpaired) electrons. The summed E-state index contributed by atoms with van der Waals surface area (Å²) in [6.45, 7) is 4.22. The van der Waals surface area contributed by atoms with Crippen LogP contribution < -0.4 is 10.1 Å². The predicted octanol–water partition coefficient (Wildman–Crippen LogP) is 4.06. The van der Waals surface area contributed by atoms with Crippen molar-refractivity contribution in [2.75, 3.05) is 13.2 Å². The zero-order valence-electron chi connectivity index (χ0n) is 15.2. The lowest BCUT2D eigenvalue weighted by molar-refractivity contribution is 0.0924. The molecule has 1 heterocycles. The van der Waals surface area contributed by atoms with E-state index in [-0.39, 0.29) is 12.5 Å². The Morgan fingerprint density at radius 2 is 2.07 bits per heavy atom. The number of carbonyl (C=O) groups excluding carboxylic acids is 1. The van der Waals surface area contributed by atoms with Crippen LogP contribution in [-0.4, -0.2) is 35.3 Å². The van der Waals surface area contributed by atoms with Crippen molar-refractivity contribution in [2.24, 2.45) is 0 Å². The Hall–Kier alpha value is -2.63. The van der Waals surface area contributed by atoms with Gasteiger partial charge in [0.1, 0.15) is 5.75 Å². The fraction of sp³-hybridized carbons (Fsp3) is 0.238. The van der Waals surface area contributed by atoms with Crippen molar-refractivity contribution in [1.29, 1.82) is 0 Å². The van der Waals surface area contributed by atoms with Gasteiger partial charge in [-0.2, -0.15) is 0 Å². The molecule has 3 rings (SSSR count). The highest BCUT2D eigenvalue weighted by atomic mass is 35.5. The predicted molar refractivity (Wildman–Crippen MR) is 107 cm³/mol. The summed E-state index contributed by atoms with van der Waals surface area (Å²) in [6.07, 6.45) is -0.602. The highest BCUT2D eigenvalue weighted by Gasteiger charge is 2.13. The van der Waals surface area contributed by atoms with Crippen molar-refractivity contribution >= 4 is 28.4 Å². The van der Waals surface area contributed by atoms with Crippen molar-refractivity contribution in [3.8, 4) is 17.0 Å². The number of nitrogens with zero attached hydrogens (tertiary/aromatic N) is 1. The number of pyridine rings is 1. The molecule has 0 saturated heterocycles. The van der Waals surface area contributed by atoms with Crippen LogP contribution in [0.15, 0.2) is 48.5 Å². The van der Waals surface area contributed by atoms with Gasteiger partial charge in [-0.1, -0.05) is 23.7 Å². The molecule has 6 heteroatoms. The monoisotopic (exact) mass is 384 g/mol. The van der Waals surface area contributed by atoms with E-state index in [1.807, 2.05) is 37.3 Å². The number of halogens is 1. The molecule has 140 valence electrons. The van der Waals surface area contributed by atoms with Crippen molar-refractivity contribution in [3.63, 3.8) is 0 Å². The van der Waals surface area contributed by atoms with Crippen molar-refractivity contribution in [2.45, 2.75) is 20.0 Å². The number of ether oxygens (including phenoxy) is 1.